The van der Waals surface area contributed by atoms with E-state index in [1.807, 2.05) is 6.92 Å². The highest BCUT2D eigenvalue weighted by molar-refractivity contribution is 7.89. The molecule has 26 heavy (non-hydrogen) atoms. The zero-order valence-electron chi connectivity index (χ0n) is 15.6. The number of hydrogen-bond acceptors (Lipinski definition) is 4. The fraction of sp³-hybridized carbons (Fsp3) is 0.556. The molecule has 1 aliphatic rings. The lowest BCUT2D eigenvalue weighted by Gasteiger charge is -2.37. The molecule has 0 spiro atoms. The highest BCUT2D eigenvalue weighted by Gasteiger charge is 2.40. The summed E-state index contributed by atoms with van der Waals surface area (Å²) >= 11 is 0. The minimum atomic E-state index is -3.68. The summed E-state index contributed by atoms with van der Waals surface area (Å²) in [6.45, 7) is 5.21. The van der Waals surface area contributed by atoms with Gasteiger partial charge < -0.3 is 10.0 Å². The number of nitrogens with zero attached hydrogens (tertiary/aromatic N) is 2. The number of benzene rings is 1. The highest BCUT2D eigenvalue weighted by atomic mass is 32.2. The Morgan fingerprint density at radius 3 is 2.35 bits per heavy atom. The molecule has 1 aromatic rings. The first-order chi connectivity index (χ1) is 12.0. The molecule has 1 saturated heterocycles. The third-order valence-corrected chi connectivity index (χ3v) is 6.96. The molecule has 1 unspecified atom stereocenters. The van der Waals surface area contributed by atoms with Gasteiger partial charge in [0.15, 0.2) is 0 Å². The van der Waals surface area contributed by atoms with Crippen LogP contribution in [0.1, 0.15) is 32.3 Å². The molecule has 0 saturated carbocycles. The molecule has 0 radical (unpaired) electrons. The van der Waals surface area contributed by atoms with Crippen LogP contribution < -0.4 is 0 Å². The normalized spacial score (nSPS) is 19.2. The van der Waals surface area contributed by atoms with E-state index in [1.165, 1.54) is 30.1 Å². The minimum Gasteiger partial charge on any atom is -0.480 e. The Balaban J connectivity index is 2.19. The molecule has 7 nitrogen and oxygen atoms in total. The van der Waals surface area contributed by atoms with Crippen molar-refractivity contribution in [3.63, 3.8) is 0 Å². The molecule has 0 bridgehead atoms. The summed E-state index contributed by atoms with van der Waals surface area (Å²) in [6, 6.07) is 6.61. The topological polar surface area (TPSA) is 95.0 Å². The molecule has 1 fully saturated rings. The van der Waals surface area contributed by atoms with Gasteiger partial charge in [-0.15, -0.1) is 0 Å². The second kappa shape index (κ2) is 7.36. The van der Waals surface area contributed by atoms with Crippen LogP contribution >= 0.6 is 0 Å². The molecular formula is C18H26N2O5S. The first-order valence-electron chi connectivity index (χ1n) is 8.56. The third kappa shape index (κ3) is 3.91. The number of carboxylic acid groups (broad SMARTS) is 1. The summed E-state index contributed by atoms with van der Waals surface area (Å²) in [6.07, 6.45) is 1.10. The average molecular weight is 382 g/mol. The Labute approximate surface area is 154 Å². The van der Waals surface area contributed by atoms with E-state index in [9.17, 15) is 23.1 Å². The van der Waals surface area contributed by atoms with Crippen molar-refractivity contribution in [3.8, 4) is 0 Å². The van der Waals surface area contributed by atoms with E-state index >= 15 is 0 Å². The molecule has 1 N–H and O–H groups in total. The van der Waals surface area contributed by atoms with Crippen molar-refractivity contribution in [2.75, 3.05) is 20.1 Å². The zero-order chi connectivity index (χ0) is 19.7. The second-order valence-electron chi connectivity index (χ2n) is 7.28. The number of likely N-dealkylation sites (N-methyl/N-ethyl adjacent to an activating group) is 1. The Kier molecular flexibility index (Phi) is 5.77. The Hall–Kier alpha value is -1.93. The average Bonchev–Trinajstić information content (AvgIpc) is 2.60. The van der Waals surface area contributed by atoms with Crippen LogP contribution in [0, 0.1) is 12.8 Å². The molecule has 1 heterocycles. The van der Waals surface area contributed by atoms with E-state index in [4.69, 9.17) is 0 Å². The molecule has 1 aromatic carbocycles. The maximum Gasteiger partial charge on any atom is 0.329 e. The van der Waals surface area contributed by atoms with Crippen LogP contribution in [0.2, 0.25) is 0 Å². The molecule has 1 atom stereocenters. The van der Waals surface area contributed by atoms with Crippen molar-refractivity contribution >= 4 is 21.9 Å². The number of aliphatic carboxylic acids is 1. The number of hydrogen-bond donors (Lipinski definition) is 1. The van der Waals surface area contributed by atoms with Crippen LogP contribution in [-0.4, -0.2) is 60.3 Å². The zero-order valence-corrected chi connectivity index (χ0v) is 16.4. The number of sulfonamides is 1. The van der Waals surface area contributed by atoms with Crippen LogP contribution in [0.3, 0.4) is 0 Å². The maximum atomic E-state index is 12.8. The van der Waals surface area contributed by atoms with Gasteiger partial charge in [0, 0.05) is 20.1 Å². The van der Waals surface area contributed by atoms with Gasteiger partial charge in [-0.1, -0.05) is 17.7 Å². The summed E-state index contributed by atoms with van der Waals surface area (Å²) in [5.74, 6) is -2.00. The Bertz CT molecular complexity index is 786. The number of carbonyl (C=O) groups excluding carboxylic acids is 1. The van der Waals surface area contributed by atoms with Crippen molar-refractivity contribution in [1.82, 2.24) is 9.21 Å². The van der Waals surface area contributed by atoms with Crippen LogP contribution in [0.25, 0.3) is 0 Å². The van der Waals surface area contributed by atoms with Crippen molar-refractivity contribution in [2.24, 2.45) is 5.92 Å². The number of aryl methyl sites for hydroxylation is 1. The SMILES string of the molecule is Cc1ccc(S(=O)(=O)N2CCCC(C(=O)N(C)C(C)(C)C(=O)O)C2)cc1. The van der Waals surface area contributed by atoms with Gasteiger partial charge in [0.1, 0.15) is 5.54 Å². The summed E-state index contributed by atoms with van der Waals surface area (Å²) in [5.41, 5.74) is -0.386. The van der Waals surface area contributed by atoms with Gasteiger partial charge in [-0.2, -0.15) is 4.31 Å². The van der Waals surface area contributed by atoms with Gasteiger partial charge in [-0.3, -0.25) is 4.79 Å². The fourth-order valence-corrected chi connectivity index (χ4v) is 4.44. The number of piperidine rings is 1. The first-order valence-corrected chi connectivity index (χ1v) is 10.00. The summed E-state index contributed by atoms with van der Waals surface area (Å²) in [7, 11) is -2.23. The lowest BCUT2D eigenvalue weighted by atomic mass is 9.95. The lowest BCUT2D eigenvalue weighted by molar-refractivity contribution is -0.157. The van der Waals surface area contributed by atoms with E-state index in [-0.39, 0.29) is 17.3 Å². The van der Waals surface area contributed by atoms with Gasteiger partial charge in [0.05, 0.1) is 10.8 Å². The van der Waals surface area contributed by atoms with E-state index < -0.39 is 27.4 Å². The van der Waals surface area contributed by atoms with Gasteiger partial charge in [-0.25, -0.2) is 13.2 Å². The number of carboxylic acids is 1. The molecule has 0 aromatic heterocycles. The van der Waals surface area contributed by atoms with Gasteiger partial charge in [-0.05, 0) is 45.7 Å². The molecule has 1 aliphatic heterocycles. The van der Waals surface area contributed by atoms with Gasteiger partial charge in [0.25, 0.3) is 0 Å². The van der Waals surface area contributed by atoms with Crippen LogP contribution in [-0.2, 0) is 19.6 Å². The molecule has 144 valence electrons. The first kappa shape index (κ1) is 20.4. The van der Waals surface area contributed by atoms with Crippen LogP contribution in [0.5, 0.6) is 0 Å². The van der Waals surface area contributed by atoms with Crippen LogP contribution in [0.15, 0.2) is 29.2 Å². The van der Waals surface area contributed by atoms with Crippen molar-refractivity contribution < 1.29 is 23.1 Å². The monoisotopic (exact) mass is 382 g/mol. The number of carbonyl (C=O) groups is 2. The highest BCUT2D eigenvalue weighted by Crippen LogP contribution is 2.27. The van der Waals surface area contributed by atoms with E-state index in [2.05, 4.69) is 0 Å². The smallest absolute Gasteiger partial charge is 0.329 e. The molecular weight excluding hydrogens is 356 g/mol. The molecule has 1 amide bonds. The van der Waals surface area contributed by atoms with E-state index in [0.29, 0.717) is 19.4 Å². The third-order valence-electron chi connectivity index (χ3n) is 5.08. The van der Waals surface area contributed by atoms with E-state index in [0.717, 1.165) is 5.56 Å². The van der Waals surface area contributed by atoms with E-state index in [1.54, 1.807) is 24.3 Å². The predicted octanol–water partition coefficient (Wildman–Crippen LogP) is 1.72. The fourth-order valence-electron chi connectivity index (χ4n) is 2.91. The summed E-state index contributed by atoms with van der Waals surface area (Å²) in [5, 5.41) is 9.31. The van der Waals surface area contributed by atoms with Crippen molar-refractivity contribution in [1.29, 1.82) is 0 Å². The standard InChI is InChI=1S/C18H26N2O5S/c1-13-7-9-15(10-8-13)26(24,25)20-11-5-6-14(12-20)16(21)19(4)18(2,3)17(22)23/h7-10,14H,5-6,11-12H2,1-4H3,(H,22,23). The summed E-state index contributed by atoms with van der Waals surface area (Å²) in [4.78, 5) is 25.5. The molecule has 2 rings (SSSR count). The Morgan fingerprint density at radius 2 is 1.81 bits per heavy atom. The second-order valence-corrected chi connectivity index (χ2v) is 9.21. The number of rotatable bonds is 5. The maximum absolute atomic E-state index is 12.8. The van der Waals surface area contributed by atoms with Gasteiger partial charge >= 0.3 is 5.97 Å². The van der Waals surface area contributed by atoms with Crippen molar-refractivity contribution in [3.05, 3.63) is 29.8 Å². The predicted molar refractivity (Wildman–Crippen MR) is 97.1 cm³/mol. The van der Waals surface area contributed by atoms with Gasteiger partial charge in [0.2, 0.25) is 15.9 Å². The molecule has 0 aliphatic carbocycles. The lowest BCUT2D eigenvalue weighted by Crippen LogP contribution is -2.55. The number of amides is 1. The largest absolute Gasteiger partial charge is 0.480 e. The van der Waals surface area contributed by atoms with Crippen LogP contribution in [0.4, 0.5) is 0 Å². The summed E-state index contributed by atoms with van der Waals surface area (Å²) < 4.78 is 27.0. The van der Waals surface area contributed by atoms with Crippen molar-refractivity contribution in [2.45, 2.75) is 44.0 Å². The molecule has 8 heteroatoms. The Morgan fingerprint density at radius 1 is 1.23 bits per heavy atom. The minimum absolute atomic E-state index is 0.0646. The quantitative estimate of drug-likeness (QED) is 0.837.